The van der Waals surface area contributed by atoms with Crippen molar-refractivity contribution in [3.05, 3.63) is 87.5 Å². The molecule has 1 heterocycles. The number of hydrogen-bond donors (Lipinski definition) is 1. The summed E-state index contributed by atoms with van der Waals surface area (Å²) in [5.74, 6) is 1.08. The Morgan fingerprint density at radius 2 is 1.29 bits per heavy atom. The van der Waals surface area contributed by atoms with Gasteiger partial charge in [0.05, 0.1) is 5.69 Å². The summed E-state index contributed by atoms with van der Waals surface area (Å²) in [5, 5.41) is 0. The van der Waals surface area contributed by atoms with Gasteiger partial charge in [0.2, 0.25) is 0 Å². The van der Waals surface area contributed by atoms with Gasteiger partial charge in [-0.25, -0.2) is 4.98 Å². The van der Waals surface area contributed by atoms with E-state index in [1.54, 1.807) is 0 Å². The van der Waals surface area contributed by atoms with Crippen LogP contribution in [0.2, 0.25) is 0 Å². The summed E-state index contributed by atoms with van der Waals surface area (Å²) in [7, 11) is 0. The minimum Gasteiger partial charge on any atom is -0.348 e. The Morgan fingerprint density at radius 3 is 1.88 bits per heavy atom. The van der Waals surface area contributed by atoms with Gasteiger partial charge in [0, 0.05) is 19.0 Å². The van der Waals surface area contributed by atoms with E-state index in [4.69, 9.17) is 4.98 Å². The van der Waals surface area contributed by atoms with Crippen LogP contribution in [-0.4, -0.2) is 9.97 Å². The van der Waals surface area contributed by atoms with Gasteiger partial charge in [-0.3, -0.25) is 0 Å². The van der Waals surface area contributed by atoms with E-state index in [1.807, 2.05) is 0 Å². The number of aryl methyl sites for hydroxylation is 5. The molecule has 0 spiro atoms. The fourth-order valence-corrected chi connectivity index (χ4v) is 3.42. The highest BCUT2D eigenvalue weighted by atomic mass is 14.9. The van der Waals surface area contributed by atoms with Gasteiger partial charge in [0.1, 0.15) is 5.82 Å². The molecule has 1 N–H and O–H groups in total. The topological polar surface area (TPSA) is 28.7 Å². The zero-order valence-electron chi connectivity index (χ0n) is 15.1. The standard InChI is InChI=1S/C22H26N2/c1-15-7-5-8-16(2)20(15)11-12-22-23-14-19(24-22)13-21-17(3)9-6-10-18(21)4/h5-10,14H,11-13H2,1-4H3,(H,23,24). The molecule has 0 aliphatic heterocycles. The number of nitrogens with one attached hydrogen (secondary N) is 1. The molecule has 0 radical (unpaired) electrons. The van der Waals surface area contributed by atoms with Crippen molar-refractivity contribution in [1.82, 2.24) is 9.97 Å². The van der Waals surface area contributed by atoms with Crippen LogP contribution in [0.4, 0.5) is 0 Å². The minimum atomic E-state index is 0.901. The van der Waals surface area contributed by atoms with E-state index >= 15 is 0 Å². The first-order valence-electron chi connectivity index (χ1n) is 8.68. The molecule has 1 aromatic heterocycles. The molecule has 0 saturated heterocycles. The summed E-state index contributed by atoms with van der Waals surface area (Å²) in [4.78, 5) is 8.17. The smallest absolute Gasteiger partial charge is 0.106 e. The van der Waals surface area contributed by atoms with Crippen LogP contribution in [0.15, 0.2) is 42.6 Å². The van der Waals surface area contributed by atoms with Crippen LogP contribution in [0.5, 0.6) is 0 Å². The molecule has 0 fully saturated rings. The normalized spacial score (nSPS) is 11.0. The SMILES string of the molecule is Cc1cccc(C)c1CCc1nc(Cc2c(C)cccc2C)c[nH]1. The average molecular weight is 318 g/mol. The maximum atomic E-state index is 4.81. The highest BCUT2D eigenvalue weighted by molar-refractivity contribution is 5.36. The van der Waals surface area contributed by atoms with Crippen molar-refractivity contribution < 1.29 is 0 Å². The summed E-state index contributed by atoms with van der Waals surface area (Å²) in [5.41, 5.74) is 9.40. The van der Waals surface area contributed by atoms with Crippen molar-refractivity contribution in [2.75, 3.05) is 0 Å². The highest BCUT2D eigenvalue weighted by Crippen LogP contribution is 2.18. The monoisotopic (exact) mass is 318 g/mol. The van der Waals surface area contributed by atoms with E-state index in [0.717, 1.165) is 30.8 Å². The number of hydrogen-bond acceptors (Lipinski definition) is 1. The van der Waals surface area contributed by atoms with Gasteiger partial charge in [-0.2, -0.15) is 0 Å². The first kappa shape index (κ1) is 16.5. The molecule has 124 valence electrons. The van der Waals surface area contributed by atoms with Crippen molar-refractivity contribution >= 4 is 0 Å². The van der Waals surface area contributed by atoms with E-state index < -0.39 is 0 Å². The van der Waals surface area contributed by atoms with Crippen molar-refractivity contribution in [2.24, 2.45) is 0 Å². The molecule has 0 bridgehead atoms. The van der Waals surface area contributed by atoms with Gasteiger partial charge in [-0.1, -0.05) is 36.4 Å². The van der Waals surface area contributed by atoms with Crippen LogP contribution in [0.3, 0.4) is 0 Å². The summed E-state index contributed by atoms with van der Waals surface area (Å²) < 4.78 is 0. The quantitative estimate of drug-likeness (QED) is 0.703. The lowest BCUT2D eigenvalue weighted by Crippen LogP contribution is -1.99. The largest absolute Gasteiger partial charge is 0.348 e. The van der Waals surface area contributed by atoms with Gasteiger partial charge in [0.15, 0.2) is 0 Å². The Morgan fingerprint density at radius 1 is 0.750 bits per heavy atom. The molecule has 0 atom stereocenters. The van der Waals surface area contributed by atoms with Crippen LogP contribution < -0.4 is 0 Å². The molecule has 0 aliphatic carbocycles. The Bertz CT molecular complexity index is 802. The zero-order valence-corrected chi connectivity index (χ0v) is 15.1. The summed E-state index contributed by atoms with van der Waals surface area (Å²) in [6, 6.07) is 13.0. The van der Waals surface area contributed by atoms with Crippen LogP contribution >= 0.6 is 0 Å². The van der Waals surface area contributed by atoms with Crippen LogP contribution in [0, 0.1) is 27.7 Å². The van der Waals surface area contributed by atoms with Gasteiger partial charge in [0.25, 0.3) is 0 Å². The molecule has 0 aliphatic rings. The summed E-state index contributed by atoms with van der Waals surface area (Å²) >= 11 is 0. The second-order valence-corrected chi connectivity index (χ2v) is 6.76. The van der Waals surface area contributed by atoms with Gasteiger partial charge in [-0.05, 0) is 67.5 Å². The molecule has 3 rings (SSSR count). The summed E-state index contributed by atoms with van der Waals surface area (Å²) in [6.07, 6.45) is 4.96. The fraction of sp³-hybridized carbons (Fsp3) is 0.318. The van der Waals surface area contributed by atoms with Crippen LogP contribution in [-0.2, 0) is 19.3 Å². The molecule has 2 nitrogen and oxygen atoms in total. The zero-order chi connectivity index (χ0) is 17.1. The maximum Gasteiger partial charge on any atom is 0.106 e. The third-order valence-electron chi connectivity index (χ3n) is 4.94. The van der Waals surface area contributed by atoms with Crippen LogP contribution in [0.1, 0.15) is 44.9 Å². The second kappa shape index (κ2) is 7.04. The molecule has 0 unspecified atom stereocenters. The number of nitrogens with zero attached hydrogens (tertiary/aromatic N) is 1. The number of benzene rings is 2. The number of H-pyrrole nitrogens is 1. The maximum absolute atomic E-state index is 4.81. The van der Waals surface area contributed by atoms with Gasteiger partial charge in [-0.15, -0.1) is 0 Å². The van der Waals surface area contributed by atoms with E-state index in [0.29, 0.717) is 0 Å². The van der Waals surface area contributed by atoms with E-state index in [-0.39, 0.29) is 0 Å². The molecular weight excluding hydrogens is 292 g/mol. The lowest BCUT2D eigenvalue weighted by atomic mass is 9.98. The van der Waals surface area contributed by atoms with Crippen molar-refractivity contribution in [1.29, 1.82) is 0 Å². The lowest BCUT2D eigenvalue weighted by molar-refractivity contribution is 0.865. The first-order valence-corrected chi connectivity index (χ1v) is 8.68. The van der Waals surface area contributed by atoms with E-state index in [1.165, 1.54) is 33.4 Å². The van der Waals surface area contributed by atoms with E-state index in [9.17, 15) is 0 Å². The Kier molecular flexibility index (Phi) is 4.84. The third-order valence-corrected chi connectivity index (χ3v) is 4.94. The van der Waals surface area contributed by atoms with Gasteiger partial charge >= 0.3 is 0 Å². The van der Waals surface area contributed by atoms with Crippen LogP contribution in [0.25, 0.3) is 0 Å². The van der Waals surface area contributed by atoms with Crippen molar-refractivity contribution in [3.8, 4) is 0 Å². The van der Waals surface area contributed by atoms with Crippen molar-refractivity contribution in [2.45, 2.75) is 47.0 Å². The van der Waals surface area contributed by atoms with Gasteiger partial charge < -0.3 is 4.98 Å². The molecule has 2 heteroatoms. The molecule has 2 aromatic carbocycles. The van der Waals surface area contributed by atoms with Crippen molar-refractivity contribution in [3.63, 3.8) is 0 Å². The third kappa shape index (κ3) is 3.59. The van der Waals surface area contributed by atoms with E-state index in [2.05, 4.69) is 75.3 Å². The number of imidazole rings is 1. The molecule has 0 saturated carbocycles. The predicted octanol–water partition coefficient (Wildman–Crippen LogP) is 5.02. The number of rotatable bonds is 5. The fourth-order valence-electron chi connectivity index (χ4n) is 3.42. The number of aromatic nitrogens is 2. The second-order valence-electron chi connectivity index (χ2n) is 6.76. The predicted molar refractivity (Wildman–Crippen MR) is 101 cm³/mol. The Balaban J connectivity index is 1.70. The molecule has 24 heavy (non-hydrogen) atoms. The molecular formula is C22H26N2. The first-order chi connectivity index (χ1) is 11.5. The highest BCUT2D eigenvalue weighted by Gasteiger charge is 2.08. The Labute approximate surface area is 145 Å². The number of aromatic amines is 1. The molecule has 3 aromatic rings. The summed E-state index contributed by atoms with van der Waals surface area (Å²) in [6.45, 7) is 8.74. The lowest BCUT2D eigenvalue weighted by Gasteiger charge is -2.08. The Hall–Kier alpha value is -2.35. The average Bonchev–Trinajstić information content (AvgIpc) is 2.98. The molecule has 0 amide bonds. The minimum absolute atomic E-state index is 0.901.